The SMILES string of the molecule is CCC(=O)N(c1cccc(O)c1)C1CCN(C(C)c2ccccc2)CC1. The van der Waals surface area contributed by atoms with Crippen LogP contribution in [0.15, 0.2) is 54.6 Å². The van der Waals surface area contributed by atoms with Crippen molar-refractivity contribution in [2.75, 3.05) is 18.0 Å². The highest BCUT2D eigenvalue weighted by Crippen LogP contribution is 2.30. The number of nitrogens with zero attached hydrogens (tertiary/aromatic N) is 2. The number of anilines is 1. The van der Waals surface area contributed by atoms with E-state index in [0.29, 0.717) is 12.5 Å². The lowest BCUT2D eigenvalue weighted by atomic mass is 9.98. The molecule has 1 amide bonds. The Morgan fingerprint density at radius 1 is 1.15 bits per heavy atom. The van der Waals surface area contributed by atoms with Crippen LogP contribution < -0.4 is 4.90 Å². The number of aromatic hydroxyl groups is 1. The third kappa shape index (κ3) is 4.07. The maximum Gasteiger partial charge on any atom is 0.226 e. The molecule has 138 valence electrons. The van der Waals surface area contributed by atoms with Crippen molar-refractivity contribution in [3.05, 3.63) is 60.2 Å². The van der Waals surface area contributed by atoms with Crippen molar-refractivity contribution >= 4 is 11.6 Å². The second-order valence-electron chi connectivity index (χ2n) is 6.99. The number of carbonyl (C=O) groups is 1. The molecule has 1 saturated heterocycles. The first-order chi connectivity index (χ1) is 12.6. The summed E-state index contributed by atoms with van der Waals surface area (Å²) in [4.78, 5) is 17.0. The van der Waals surface area contributed by atoms with Crippen LogP contribution in [0.3, 0.4) is 0 Å². The van der Waals surface area contributed by atoms with Gasteiger partial charge in [0.15, 0.2) is 0 Å². The van der Waals surface area contributed by atoms with Gasteiger partial charge < -0.3 is 10.0 Å². The minimum atomic E-state index is 0.116. The largest absolute Gasteiger partial charge is 0.508 e. The molecule has 1 unspecified atom stereocenters. The molecule has 1 aliphatic heterocycles. The topological polar surface area (TPSA) is 43.8 Å². The van der Waals surface area contributed by atoms with Crippen molar-refractivity contribution in [2.45, 2.75) is 45.2 Å². The zero-order valence-corrected chi connectivity index (χ0v) is 15.6. The van der Waals surface area contributed by atoms with Crippen LogP contribution in [0.25, 0.3) is 0 Å². The minimum Gasteiger partial charge on any atom is -0.508 e. The third-order valence-electron chi connectivity index (χ3n) is 5.37. The summed E-state index contributed by atoms with van der Waals surface area (Å²) < 4.78 is 0. The van der Waals surface area contributed by atoms with E-state index in [1.807, 2.05) is 24.0 Å². The van der Waals surface area contributed by atoms with Crippen molar-refractivity contribution < 1.29 is 9.90 Å². The fraction of sp³-hybridized carbons (Fsp3) is 0.409. The van der Waals surface area contributed by atoms with E-state index in [9.17, 15) is 9.90 Å². The summed E-state index contributed by atoms with van der Waals surface area (Å²) in [6.07, 6.45) is 2.35. The molecule has 0 aliphatic carbocycles. The number of phenols is 1. The molecule has 26 heavy (non-hydrogen) atoms. The summed E-state index contributed by atoms with van der Waals surface area (Å²) in [5, 5.41) is 9.81. The quantitative estimate of drug-likeness (QED) is 0.869. The standard InChI is InChI=1S/C22H28N2O2/c1-3-22(26)24(20-10-7-11-21(25)16-20)19-12-14-23(15-13-19)17(2)18-8-5-4-6-9-18/h4-11,16-17,19,25H,3,12-15H2,1-2H3. The molecular weight excluding hydrogens is 324 g/mol. The normalized spacial score (nSPS) is 17.0. The summed E-state index contributed by atoms with van der Waals surface area (Å²) in [5.41, 5.74) is 2.13. The molecule has 1 fully saturated rings. The van der Waals surface area contributed by atoms with E-state index >= 15 is 0 Å². The van der Waals surface area contributed by atoms with E-state index in [-0.39, 0.29) is 17.7 Å². The van der Waals surface area contributed by atoms with Gasteiger partial charge in [0.25, 0.3) is 0 Å². The van der Waals surface area contributed by atoms with E-state index in [2.05, 4.69) is 36.1 Å². The van der Waals surface area contributed by atoms with E-state index in [0.717, 1.165) is 31.6 Å². The summed E-state index contributed by atoms with van der Waals surface area (Å²) in [6, 6.07) is 18.2. The van der Waals surface area contributed by atoms with Crippen molar-refractivity contribution in [3.63, 3.8) is 0 Å². The Labute approximate surface area is 156 Å². The molecule has 1 atom stereocenters. The smallest absolute Gasteiger partial charge is 0.226 e. The zero-order valence-electron chi connectivity index (χ0n) is 15.6. The van der Waals surface area contributed by atoms with Crippen molar-refractivity contribution in [3.8, 4) is 5.75 Å². The van der Waals surface area contributed by atoms with Gasteiger partial charge in [-0.2, -0.15) is 0 Å². The molecular formula is C22H28N2O2. The number of hydrogen-bond donors (Lipinski definition) is 1. The van der Waals surface area contributed by atoms with Gasteiger partial charge in [0, 0.05) is 43.3 Å². The molecule has 4 heteroatoms. The van der Waals surface area contributed by atoms with Crippen LogP contribution in [0, 0.1) is 0 Å². The van der Waals surface area contributed by atoms with E-state index in [1.54, 1.807) is 18.2 Å². The lowest BCUT2D eigenvalue weighted by molar-refractivity contribution is -0.119. The van der Waals surface area contributed by atoms with Crippen LogP contribution >= 0.6 is 0 Å². The Balaban J connectivity index is 1.71. The lowest BCUT2D eigenvalue weighted by Gasteiger charge is -2.41. The van der Waals surface area contributed by atoms with Crippen molar-refractivity contribution in [2.24, 2.45) is 0 Å². The molecule has 2 aromatic rings. The molecule has 0 saturated carbocycles. The van der Waals surface area contributed by atoms with Crippen molar-refractivity contribution in [1.29, 1.82) is 0 Å². The van der Waals surface area contributed by atoms with E-state index in [4.69, 9.17) is 0 Å². The van der Waals surface area contributed by atoms with Crippen LogP contribution in [0.5, 0.6) is 5.75 Å². The summed E-state index contributed by atoms with van der Waals surface area (Å²) in [7, 11) is 0. The maximum absolute atomic E-state index is 12.6. The predicted molar refractivity (Wildman–Crippen MR) is 105 cm³/mol. The van der Waals surface area contributed by atoms with Gasteiger partial charge >= 0.3 is 0 Å². The molecule has 1 N–H and O–H groups in total. The van der Waals surface area contributed by atoms with Gasteiger partial charge in [-0.3, -0.25) is 9.69 Å². The summed E-state index contributed by atoms with van der Waals surface area (Å²) in [6.45, 7) is 6.07. The molecule has 1 heterocycles. The summed E-state index contributed by atoms with van der Waals surface area (Å²) >= 11 is 0. The molecule has 0 radical (unpaired) electrons. The van der Waals surface area contributed by atoms with Crippen LogP contribution in [0.1, 0.15) is 44.7 Å². The van der Waals surface area contributed by atoms with Crippen LogP contribution in [-0.4, -0.2) is 35.0 Å². The Bertz CT molecular complexity index is 724. The Morgan fingerprint density at radius 2 is 1.85 bits per heavy atom. The first-order valence-electron chi connectivity index (χ1n) is 9.50. The average molecular weight is 352 g/mol. The van der Waals surface area contributed by atoms with Crippen LogP contribution in [0.4, 0.5) is 5.69 Å². The number of amides is 1. The molecule has 2 aromatic carbocycles. The Kier molecular flexibility index (Phi) is 5.94. The van der Waals surface area contributed by atoms with E-state index in [1.165, 1.54) is 5.56 Å². The van der Waals surface area contributed by atoms with Gasteiger partial charge in [-0.25, -0.2) is 0 Å². The Hall–Kier alpha value is -2.33. The first-order valence-corrected chi connectivity index (χ1v) is 9.50. The van der Waals surface area contributed by atoms with Crippen molar-refractivity contribution in [1.82, 2.24) is 4.90 Å². The zero-order chi connectivity index (χ0) is 18.5. The highest BCUT2D eigenvalue weighted by Gasteiger charge is 2.30. The lowest BCUT2D eigenvalue weighted by Crippen LogP contribution is -2.48. The molecule has 0 spiro atoms. The first kappa shape index (κ1) is 18.5. The van der Waals surface area contributed by atoms with Gasteiger partial charge in [0.1, 0.15) is 5.75 Å². The van der Waals surface area contributed by atoms with Gasteiger partial charge in [-0.15, -0.1) is 0 Å². The number of benzene rings is 2. The molecule has 0 bridgehead atoms. The molecule has 0 aromatic heterocycles. The number of hydrogen-bond acceptors (Lipinski definition) is 3. The second-order valence-corrected chi connectivity index (χ2v) is 6.99. The molecule has 3 rings (SSSR count). The van der Waals surface area contributed by atoms with Gasteiger partial charge in [0.2, 0.25) is 5.91 Å². The predicted octanol–water partition coefficient (Wildman–Crippen LogP) is 4.36. The second kappa shape index (κ2) is 8.37. The fourth-order valence-corrected chi connectivity index (χ4v) is 3.85. The van der Waals surface area contributed by atoms with Gasteiger partial charge in [0.05, 0.1) is 0 Å². The number of carbonyl (C=O) groups excluding carboxylic acids is 1. The maximum atomic E-state index is 12.6. The summed E-state index contributed by atoms with van der Waals surface area (Å²) in [5.74, 6) is 0.316. The minimum absolute atomic E-state index is 0.116. The van der Waals surface area contributed by atoms with E-state index < -0.39 is 0 Å². The molecule has 1 aliphatic rings. The van der Waals surface area contributed by atoms with Gasteiger partial charge in [-0.05, 0) is 37.5 Å². The highest BCUT2D eigenvalue weighted by atomic mass is 16.3. The number of phenolic OH excluding ortho intramolecular Hbond substituents is 1. The highest BCUT2D eigenvalue weighted by molar-refractivity contribution is 5.94. The fourth-order valence-electron chi connectivity index (χ4n) is 3.85. The number of likely N-dealkylation sites (tertiary alicyclic amines) is 1. The third-order valence-corrected chi connectivity index (χ3v) is 5.37. The van der Waals surface area contributed by atoms with Crippen LogP contribution in [-0.2, 0) is 4.79 Å². The number of piperidine rings is 1. The monoisotopic (exact) mass is 352 g/mol. The number of rotatable bonds is 5. The van der Waals surface area contributed by atoms with Crippen LogP contribution in [0.2, 0.25) is 0 Å². The Morgan fingerprint density at radius 3 is 2.46 bits per heavy atom. The molecule has 4 nitrogen and oxygen atoms in total. The van der Waals surface area contributed by atoms with Gasteiger partial charge in [-0.1, -0.05) is 43.3 Å². The average Bonchev–Trinajstić information content (AvgIpc) is 2.69.